The van der Waals surface area contributed by atoms with Crippen LogP contribution in [0.2, 0.25) is 0 Å². The quantitative estimate of drug-likeness (QED) is 0.0787. The van der Waals surface area contributed by atoms with E-state index in [-0.39, 0.29) is 11.3 Å². The average Bonchev–Trinajstić information content (AvgIpc) is 2.99. The van der Waals surface area contributed by atoms with Gasteiger partial charge in [-0.25, -0.2) is 0 Å². The molecule has 10 atom stereocenters. The predicted molar refractivity (Wildman–Crippen MR) is 140 cm³/mol. The Kier molecular flexibility index (Phi) is 10.1. The molecule has 0 amide bonds. The van der Waals surface area contributed by atoms with E-state index in [1.165, 1.54) is 24.3 Å². The van der Waals surface area contributed by atoms with Crippen molar-refractivity contribution in [2.75, 3.05) is 13.2 Å². The van der Waals surface area contributed by atoms with Crippen LogP contribution >= 0.6 is 0 Å². The monoisotopic (exact) mass is 612 g/mol. The molecule has 2 fully saturated rings. The minimum atomic E-state index is -1.88. The molecule has 16 heteroatoms. The van der Waals surface area contributed by atoms with Crippen molar-refractivity contribution in [2.24, 2.45) is 0 Å². The van der Waals surface area contributed by atoms with Crippen molar-refractivity contribution in [3.05, 3.63) is 47.5 Å². The fourth-order valence-corrected chi connectivity index (χ4v) is 4.43. The zero-order valence-electron chi connectivity index (χ0n) is 22.2. The molecule has 4 rings (SSSR count). The lowest BCUT2D eigenvalue weighted by Crippen LogP contribution is -2.62. The van der Waals surface area contributed by atoms with Crippen molar-refractivity contribution >= 4 is 11.9 Å². The molecule has 43 heavy (non-hydrogen) atoms. The number of aromatic hydroxyl groups is 4. The van der Waals surface area contributed by atoms with Gasteiger partial charge in [0, 0.05) is 0 Å². The average molecular weight is 613 g/mol. The van der Waals surface area contributed by atoms with Crippen LogP contribution in [-0.2, 0) is 14.2 Å². The SMILES string of the molecule is O=C(/C=C/c1ccc(O)c(O)c1)c1ccc(O[C@@H]2O[C@@H](CO[C@@H]3O[C@@H](CO)[C@@H](O)[C@H](O)[C@H]3O)[C@@H](O)[C@H](O)[C@H]2O)c(O)c1O. The van der Waals surface area contributed by atoms with Gasteiger partial charge in [-0.05, 0) is 35.9 Å². The molecule has 0 unspecified atom stereocenters. The summed E-state index contributed by atoms with van der Waals surface area (Å²) in [5, 5.41) is 110. The molecule has 236 valence electrons. The molecule has 2 aliphatic rings. The molecule has 2 aromatic carbocycles. The molecule has 2 aromatic rings. The van der Waals surface area contributed by atoms with Gasteiger partial charge in [0.2, 0.25) is 12.0 Å². The third kappa shape index (κ3) is 6.84. The van der Waals surface area contributed by atoms with Crippen LogP contribution in [0.5, 0.6) is 28.7 Å². The van der Waals surface area contributed by atoms with Gasteiger partial charge >= 0.3 is 0 Å². The van der Waals surface area contributed by atoms with Crippen LogP contribution in [0.1, 0.15) is 15.9 Å². The normalized spacial score (nSPS) is 33.0. The van der Waals surface area contributed by atoms with Gasteiger partial charge in [0.15, 0.2) is 35.1 Å². The summed E-state index contributed by atoms with van der Waals surface area (Å²) in [4.78, 5) is 12.6. The lowest BCUT2D eigenvalue weighted by atomic mass is 9.98. The number of aliphatic hydroxyl groups is 7. The largest absolute Gasteiger partial charge is 0.504 e. The fourth-order valence-electron chi connectivity index (χ4n) is 4.43. The molecule has 0 spiro atoms. The lowest BCUT2D eigenvalue weighted by molar-refractivity contribution is -0.323. The number of allylic oxidation sites excluding steroid dienone is 1. The van der Waals surface area contributed by atoms with Crippen molar-refractivity contribution in [3.8, 4) is 28.7 Å². The molecule has 0 bridgehead atoms. The van der Waals surface area contributed by atoms with Crippen LogP contribution in [0.25, 0.3) is 6.08 Å². The van der Waals surface area contributed by atoms with Crippen molar-refractivity contribution in [3.63, 3.8) is 0 Å². The minimum absolute atomic E-state index is 0.349. The van der Waals surface area contributed by atoms with Gasteiger partial charge in [-0.1, -0.05) is 12.1 Å². The number of hydrogen-bond donors (Lipinski definition) is 11. The molecule has 2 saturated heterocycles. The summed E-state index contributed by atoms with van der Waals surface area (Å²) in [5.41, 5.74) is -0.00274. The van der Waals surface area contributed by atoms with Gasteiger partial charge in [0.05, 0.1) is 18.8 Å². The first-order valence-corrected chi connectivity index (χ1v) is 12.9. The standard InChI is InChI=1S/C27H32O16/c28-8-16-20(34)22(36)24(38)26(42-16)40-9-17-21(35)23(37)25(39)27(43-17)41-15-6-3-11(18(32)19(15)33)12(29)4-1-10-2-5-13(30)14(31)7-10/h1-7,16-17,20-28,30-39H,8-9H2/b4-1+/t16-,17-,20+,21+,22-,23-,24+,25+,26+,27+/m0/s1. The smallest absolute Gasteiger partial charge is 0.229 e. The third-order valence-corrected chi connectivity index (χ3v) is 6.99. The molecule has 2 aliphatic heterocycles. The number of carbonyl (C=O) groups is 1. The summed E-state index contributed by atoms with van der Waals surface area (Å²) in [6.45, 7) is -1.34. The number of ketones is 1. The molecule has 0 saturated carbocycles. The fraction of sp³-hybridized carbons (Fsp3) is 0.444. The van der Waals surface area contributed by atoms with E-state index in [0.717, 1.165) is 18.2 Å². The van der Waals surface area contributed by atoms with E-state index in [9.17, 15) is 61.0 Å². The van der Waals surface area contributed by atoms with Gasteiger partial charge in [-0.2, -0.15) is 0 Å². The molecular formula is C27H32O16. The van der Waals surface area contributed by atoms with Gasteiger partial charge < -0.3 is 75.1 Å². The molecular weight excluding hydrogens is 580 g/mol. The Labute approximate surface area is 243 Å². The molecule has 11 N–H and O–H groups in total. The number of carbonyl (C=O) groups excluding carboxylic acids is 1. The molecule has 2 heterocycles. The second-order valence-electron chi connectivity index (χ2n) is 9.92. The Balaban J connectivity index is 1.44. The van der Waals surface area contributed by atoms with Gasteiger partial charge in [0.25, 0.3) is 0 Å². The van der Waals surface area contributed by atoms with Crippen LogP contribution in [0.4, 0.5) is 0 Å². The molecule has 0 aliphatic carbocycles. The van der Waals surface area contributed by atoms with Crippen LogP contribution in [0, 0.1) is 0 Å². The highest BCUT2D eigenvalue weighted by Crippen LogP contribution is 2.40. The number of rotatable bonds is 9. The number of phenols is 4. The Hall–Kier alpha value is -3.55. The Bertz CT molecular complexity index is 1310. The topological polar surface area (TPSA) is 277 Å². The third-order valence-electron chi connectivity index (χ3n) is 6.99. The van der Waals surface area contributed by atoms with E-state index >= 15 is 0 Å². The van der Waals surface area contributed by atoms with E-state index in [1.54, 1.807) is 0 Å². The summed E-state index contributed by atoms with van der Waals surface area (Å²) in [6.07, 6.45) is -14.4. The van der Waals surface area contributed by atoms with Gasteiger partial charge in [0.1, 0.15) is 48.8 Å². The van der Waals surface area contributed by atoms with E-state index in [4.69, 9.17) is 18.9 Å². The Morgan fingerprint density at radius 1 is 0.744 bits per heavy atom. The summed E-state index contributed by atoms with van der Waals surface area (Å²) >= 11 is 0. The maximum atomic E-state index is 12.6. The van der Waals surface area contributed by atoms with E-state index in [1.807, 2.05) is 0 Å². The van der Waals surface area contributed by atoms with Crippen LogP contribution in [0.3, 0.4) is 0 Å². The van der Waals surface area contributed by atoms with Crippen LogP contribution in [0.15, 0.2) is 36.4 Å². The first-order chi connectivity index (χ1) is 20.3. The van der Waals surface area contributed by atoms with Gasteiger partial charge in [-0.15, -0.1) is 0 Å². The zero-order valence-corrected chi connectivity index (χ0v) is 22.2. The summed E-state index contributed by atoms with van der Waals surface area (Å²) in [5.74, 6) is -3.83. The number of ether oxygens (including phenoxy) is 4. The van der Waals surface area contributed by atoms with Crippen LogP contribution < -0.4 is 4.74 Å². The molecule has 0 radical (unpaired) electrons. The summed E-state index contributed by atoms with van der Waals surface area (Å²) < 4.78 is 21.4. The minimum Gasteiger partial charge on any atom is -0.504 e. The number of aliphatic hydroxyl groups excluding tert-OH is 7. The summed E-state index contributed by atoms with van der Waals surface area (Å²) in [6, 6.07) is 5.96. The lowest BCUT2D eigenvalue weighted by Gasteiger charge is -2.42. The second-order valence-corrected chi connectivity index (χ2v) is 9.92. The van der Waals surface area contributed by atoms with Crippen molar-refractivity contribution in [1.29, 1.82) is 0 Å². The number of hydrogen-bond acceptors (Lipinski definition) is 16. The second kappa shape index (κ2) is 13.4. The van der Waals surface area contributed by atoms with Gasteiger partial charge in [-0.3, -0.25) is 4.79 Å². The van der Waals surface area contributed by atoms with Crippen molar-refractivity contribution < 1.29 is 79.9 Å². The highest BCUT2D eigenvalue weighted by Gasteiger charge is 2.48. The molecule has 0 aromatic heterocycles. The number of phenolic OH excluding ortho intramolecular Hbond substituents is 4. The Morgan fingerprint density at radius 3 is 2.02 bits per heavy atom. The van der Waals surface area contributed by atoms with E-state index in [2.05, 4.69) is 0 Å². The molecule has 16 nitrogen and oxygen atoms in total. The first kappa shape index (κ1) is 32.4. The van der Waals surface area contributed by atoms with E-state index in [0.29, 0.717) is 5.56 Å². The maximum absolute atomic E-state index is 12.6. The highest BCUT2D eigenvalue weighted by molar-refractivity contribution is 6.09. The van der Waals surface area contributed by atoms with E-state index < -0.39 is 103 Å². The first-order valence-electron chi connectivity index (χ1n) is 12.9. The Morgan fingerprint density at radius 2 is 1.37 bits per heavy atom. The van der Waals surface area contributed by atoms with Crippen molar-refractivity contribution in [1.82, 2.24) is 0 Å². The highest BCUT2D eigenvalue weighted by atomic mass is 16.7. The predicted octanol–water partition coefficient (Wildman–Crippen LogP) is -2.59. The van der Waals surface area contributed by atoms with Crippen LogP contribution in [-0.4, -0.2) is 137 Å². The maximum Gasteiger partial charge on any atom is 0.229 e. The van der Waals surface area contributed by atoms with Crippen molar-refractivity contribution in [2.45, 2.75) is 61.4 Å². The number of benzene rings is 2. The summed E-state index contributed by atoms with van der Waals surface area (Å²) in [7, 11) is 0. The zero-order chi connectivity index (χ0) is 31.6.